The molecule has 1 heterocycles. The van der Waals surface area contributed by atoms with Crippen LogP contribution in [-0.4, -0.2) is 16.2 Å². The molecule has 1 aliphatic carbocycles. The summed E-state index contributed by atoms with van der Waals surface area (Å²) in [6.07, 6.45) is 5.21. The number of aromatic nitrogens is 2. The first-order valence-corrected chi connectivity index (χ1v) is 7.34. The van der Waals surface area contributed by atoms with Crippen LogP contribution in [0.5, 0.6) is 0 Å². The molecule has 0 radical (unpaired) electrons. The summed E-state index contributed by atoms with van der Waals surface area (Å²) in [4.78, 5) is 11.7. The third-order valence-corrected chi connectivity index (χ3v) is 3.77. The van der Waals surface area contributed by atoms with E-state index < -0.39 is 0 Å². The number of carbonyl (C=O) groups excluding carboxylic acids is 1. The SMILES string of the molecule is O=C(CC1CCCC1)OCc1nnc(-c2ccccc2)o1. The maximum Gasteiger partial charge on any atom is 0.306 e. The lowest BCUT2D eigenvalue weighted by atomic mass is 10.1. The monoisotopic (exact) mass is 286 g/mol. The summed E-state index contributed by atoms with van der Waals surface area (Å²) in [6.45, 7) is 0.0470. The summed E-state index contributed by atoms with van der Waals surface area (Å²) in [7, 11) is 0. The van der Waals surface area contributed by atoms with Gasteiger partial charge in [0.05, 0.1) is 0 Å². The van der Waals surface area contributed by atoms with Crippen molar-refractivity contribution in [1.29, 1.82) is 0 Å². The van der Waals surface area contributed by atoms with E-state index in [9.17, 15) is 4.79 Å². The zero-order chi connectivity index (χ0) is 14.5. The first-order valence-electron chi connectivity index (χ1n) is 7.34. The van der Waals surface area contributed by atoms with E-state index in [1.165, 1.54) is 12.8 Å². The van der Waals surface area contributed by atoms with Crippen LogP contribution in [0, 0.1) is 5.92 Å². The zero-order valence-electron chi connectivity index (χ0n) is 11.8. The van der Waals surface area contributed by atoms with Crippen LogP contribution in [0.3, 0.4) is 0 Å². The Morgan fingerprint density at radius 1 is 1.19 bits per heavy atom. The van der Waals surface area contributed by atoms with E-state index in [1.807, 2.05) is 30.3 Å². The third-order valence-electron chi connectivity index (χ3n) is 3.77. The van der Waals surface area contributed by atoms with Crippen LogP contribution in [-0.2, 0) is 16.1 Å². The molecular weight excluding hydrogens is 268 g/mol. The first kappa shape index (κ1) is 13.8. The van der Waals surface area contributed by atoms with Crippen LogP contribution < -0.4 is 0 Å². The highest BCUT2D eigenvalue weighted by Gasteiger charge is 2.19. The number of esters is 1. The molecular formula is C16H18N2O3. The van der Waals surface area contributed by atoms with Gasteiger partial charge in [-0.3, -0.25) is 4.79 Å². The third kappa shape index (κ3) is 3.68. The maximum absolute atomic E-state index is 11.7. The van der Waals surface area contributed by atoms with Crippen molar-refractivity contribution in [2.45, 2.75) is 38.7 Å². The van der Waals surface area contributed by atoms with Crippen molar-refractivity contribution in [3.8, 4) is 11.5 Å². The Morgan fingerprint density at radius 3 is 2.71 bits per heavy atom. The molecule has 1 aliphatic rings. The Labute approximate surface area is 123 Å². The molecule has 1 fully saturated rings. The minimum absolute atomic E-state index is 0.0470. The van der Waals surface area contributed by atoms with Crippen molar-refractivity contribution in [2.75, 3.05) is 0 Å². The second-order valence-electron chi connectivity index (χ2n) is 5.38. The smallest absolute Gasteiger partial charge is 0.306 e. The molecule has 1 aromatic heterocycles. The van der Waals surface area contributed by atoms with Crippen LogP contribution in [0.4, 0.5) is 0 Å². The van der Waals surface area contributed by atoms with Gasteiger partial charge in [0.2, 0.25) is 5.89 Å². The van der Waals surface area contributed by atoms with Gasteiger partial charge in [-0.1, -0.05) is 31.0 Å². The summed E-state index contributed by atoms with van der Waals surface area (Å²) in [5.74, 6) is 1.08. The molecule has 0 atom stereocenters. The van der Waals surface area contributed by atoms with Gasteiger partial charge < -0.3 is 9.15 Å². The van der Waals surface area contributed by atoms with E-state index in [0.29, 0.717) is 24.1 Å². The summed E-state index contributed by atoms with van der Waals surface area (Å²) < 4.78 is 10.7. The van der Waals surface area contributed by atoms with Crippen molar-refractivity contribution in [3.63, 3.8) is 0 Å². The maximum atomic E-state index is 11.7. The van der Waals surface area contributed by atoms with Gasteiger partial charge in [0.1, 0.15) is 0 Å². The summed E-state index contributed by atoms with van der Waals surface area (Å²) in [6, 6.07) is 9.51. The molecule has 0 unspecified atom stereocenters. The normalized spacial score (nSPS) is 15.2. The molecule has 2 aromatic rings. The number of benzene rings is 1. The molecule has 3 rings (SSSR count). The summed E-state index contributed by atoms with van der Waals surface area (Å²) in [5, 5.41) is 7.86. The minimum Gasteiger partial charge on any atom is -0.456 e. The van der Waals surface area contributed by atoms with Gasteiger partial charge in [0.15, 0.2) is 6.61 Å². The number of rotatable bonds is 5. The van der Waals surface area contributed by atoms with Gasteiger partial charge in [0, 0.05) is 12.0 Å². The highest BCUT2D eigenvalue weighted by molar-refractivity contribution is 5.69. The molecule has 0 spiro atoms. The van der Waals surface area contributed by atoms with E-state index in [4.69, 9.17) is 9.15 Å². The van der Waals surface area contributed by atoms with Gasteiger partial charge in [-0.25, -0.2) is 0 Å². The summed E-state index contributed by atoms with van der Waals surface area (Å²) >= 11 is 0. The van der Waals surface area contributed by atoms with Crippen LogP contribution in [0.25, 0.3) is 11.5 Å². The highest BCUT2D eigenvalue weighted by atomic mass is 16.5. The molecule has 0 aliphatic heterocycles. The standard InChI is InChI=1S/C16H18N2O3/c19-15(10-12-6-4-5-7-12)20-11-14-17-18-16(21-14)13-8-2-1-3-9-13/h1-3,8-9,12H,4-7,10-11H2. The fourth-order valence-corrected chi connectivity index (χ4v) is 2.66. The van der Waals surface area contributed by atoms with Crippen molar-refractivity contribution < 1.29 is 13.9 Å². The van der Waals surface area contributed by atoms with E-state index in [2.05, 4.69) is 10.2 Å². The Morgan fingerprint density at radius 2 is 1.95 bits per heavy atom. The first-order chi connectivity index (χ1) is 10.3. The van der Waals surface area contributed by atoms with Crippen LogP contribution in [0.1, 0.15) is 38.0 Å². The van der Waals surface area contributed by atoms with Crippen molar-refractivity contribution in [1.82, 2.24) is 10.2 Å². The number of hydrogen-bond donors (Lipinski definition) is 0. The van der Waals surface area contributed by atoms with E-state index >= 15 is 0 Å². The fraction of sp³-hybridized carbons (Fsp3) is 0.438. The molecule has 0 amide bonds. The molecule has 0 saturated heterocycles. The molecule has 21 heavy (non-hydrogen) atoms. The minimum atomic E-state index is -0.179. The van der Waals surface area contributed by atoms with E-state index in [1.54, 1.807) is 0 Å². The average Bonchev–Trinajstić information content (AvgIpc) is 3.17. The van der Waals surface area contributed by atoms with Crippen LogP contribution >= 0.6 is 0 Å². The van der Waals surface area contributed by atoms with Crippen LogP contribution in [0.2, 0.25) is 0 Å². The topological polar surface area (TPSA) is 65.2 Å². The van der Waals surface area contributed by atoms with Crippen molar-refractivity contribution >= 4 is 5.97 Å². The molecule has 1 saturated carbocycles. The van der Waals surface area contributed by atoms with Crippen LogP contribution in [0.15, 0.2) is 34.7 Å². The lowest BCUT2D eigenvalue weighted by Crippen LogP contribution is -2.09. The molecule has 0 N–H and O–H groups in total. The average molecular weight is 286 g/mol. The number of hydrogen-bond acceptors (Lipinski definition) is 5. The highest BCUT2D eigenvalue weighted by Crippen LogP contribution is 2.27. The van der Waals surface area contributed by atoms with Gasteiger partial charge in [-0.15, -0.1) is 10.2 Å². The van der Waals surface area contributed by atoms with Crippen molar-refractivity contribution in [2.24, 2.45) is 5.92 Å². The van der Waals surface area contributed by atoms with Gasteiger partial charge in [-0.2, -0.15) is 0 Å². The van der Waals surface area contributed by atoms with E-state index in [0.717, 1.165) is 18.4 Å². The second kappa shape index (κ2) is 6.52. The second-order valence-corrected chi connectivity index (χ2v) is 5.38. The lowest BCUT2D eigenvalue weighted by molar-refractivity contribution is -0.146. The quantitative estimate of drug-likeness (QED) is 0.788. The Bertz CT molecular complexity index is 589. The van der Waals surface area contributed by atoms with Gasteiger partial charge >= 0.3 is 5.97 Å². The Balaban J connectivity index is 1.51. The molecule has 0 bridgehead atoms. The lowest BCUT2D eigenvalue weighted by Gasteiger charge is -2.07. The molecule has 1 aromatic carbocycles. The van der Waals surface area contributed by atoms with Gasteiger partial charge in [-0.05, 0) is 30.9 Å². The Kier molecular flexibility index (Phi) is 4.28. The van der Waals surface area contributed by atoms with Crippen molar-refractivity contribution in [3.05, 3.63) is 36.2 Å². The zero-order valence-corrected chi connectivity index (χ0v) is 11.8. The van der Waals surface area contributed by atoms with E-state index in [-0.39, 0.29) is 12.6 Å². The molecule has 5 nitrogen and oxygen atoms in total. The largest absolute Gasteiger partial charge is 0.456 e. The molecule has 110 valence electrons. The van der Waals surface area contributed by atoms with Gasteiger partial charge in [0.25, 0.3) is 5.89 Å². The predicted octanol–water partition coefficient (Wildman–Crippen LogP) is 3.36. The summed E-state index contributed by atoms with van der Waals surface area (Å²) in [5.41, 5.74) is 0.855. The predicted molar refractivity (Wildman–Crippen MR) is 76.1 cm³/mol. The number of nitrogens with zero attached hydrogens (tertiary/aromatic N) is 2. The Hall–Kier alpha value is -2.17. The number of carbonyl (C=O) groups is 1. The number of ether oxygens (including phenoxy) is 1. The molecule has 5 heteroatoms. The fourth-order valence-electron chi connectivity index (χ4n) is 2.66.